The minimum absolute atomic E-state index is 0.530. The van der Waals surface area contributed by atoms with Gasteiger partial charge in [0.1, 0.15) is 0 Å². The van der Waals surface area contributed by atoms with Crippen LogP contribution in [0.15, 0.2) is 30.5 Å². The maximum absolute atomic E-state index is 6.13. The van der Waals surface area contributed by atoms with E-state index in [1.54, 1.807) is 0 Å². The van der Waals surface area contributed by atoms with Crippen LogP contribution in [-0.2, 0) is 0 Å². The number of rotatable bonds is 2. The zero-order valence-electron chi connectivity index (χ0n) is 10.8. The van der Waals surface area contributed by atoms with Crippen molar-refractivity contribution in [2.75, 3.05) is 5.73 Å². The second kappa shape index (κ2) is 5.25. The Morgan fingerprint density at radius 1 is 1.11 bits per heavy atom. The zero-order chi connectivity index (χ0) is 13.2. The quantitative estimate of drug-likeness (QED) is 0.894. The van der Waals surface area contributed by atoms with E-state index in [1.165, 1.54) is 32.1 Å². The monoisotopic (exact) mass is 275 g/mol. The predicted molar refractivity (Wildman–Crippen MR) is 78.8 cm³/mol. The maximum Gasteiger partial charge on any atom is 0.0889 e. The molecule has 1 heterocycles. The number of nitrogen functional groups attached to an aromatic ring is 1. The van der Waals surface area contributed by atoms with Gasteiger partial charge in [0, 0.05) is 10.9 Å². The molecule has 0 spiro atoms. The van der Waals surface area contributed by atoms with Gasteiger partial charge in [0.05, 0.1) is 23.3 Å². The van der Waals surface area contributed by atoms with Crippen LogP contribution in [0.2, 0.25) is 5.02 Å². The van der Waals surface area contributed by atoms with Crippen LogP contribution in [-0.4, -0.2) is 9.78 Å². The third-order valence-corrected chi connectivity index (χ3v) is 4.11. The van der Waals surface area contributed by atoms with Crippen molar-refractivity contribution in [3.05, 3.63) is 41.2 Å². The summed E-state index contributed by atoms with van der Waals surface area (Å²) in [4.78, 5) is 0. The first-order valence-electron chi connectivity index (χ1n) is 6.85. The Balaban J connectivity index is 1.90. The van der Waals surface area contributed by atoms with Crippen LogP contribution in [0.1, 0.15) is 43.7 Å². The number of aromatic nitrogens is 2. The van der Waals surface area contributed by atoms with E-state index >= 15 is 0 Å². The number of nitrogens with zero attached hydrogens (tertiary/aromatic N) is 2. The molecule has 0 amide bonds. The molecule has 1 aliphatic rings. The molecule has 19 heavy (non-hydrogen) atoms. The Hall–Kier alpha value is -1.48. The summed E-state index contributed by atoms with van der Waals surface area (Å²) in [5.41, 5.74) is 9.00. The van der Waals surface area contributed by atoms with Crippen LogP contribution in [0, 0.1) is 0 Å². The van der Waals surface area contributed by atoms with Crippen molar-refractivity contribution in [2.24, 2.45) is 0 Å². The molecule has 1 aliphatic carbocycles. The molecule has 0 radical (unpaired) electrons. The Kier molecular flexibility index (Phi) is 3.47. The third kappa shape index (κ3) is 2.61. The first kappa shape index (κ1) is 12.5. The highest BCUT2D eigenvalue weighted by Crippen LogP contribution is 2.34. The van der Waals surface area contributed by atoms with Gasteiger partial charge < -0.3 is 5.73 Å². The van der Waals surface area contributed by atoms with Crippen molar-refractivity contribution >= 4 is 17.3 Å². The minimum atomic E-state index is 0.530. The molecule has 1 aromatic carbocycles. The SMILES string of the molecule is Nc1cn(-c2ccc(Cl)cc2)nc1C1CCCCC1. The fraction of sp³-hybridized carbons (Fsp3) is 0.400. The van der Waals surface area contributed by atoms with Gasteiger partial charge in [0.15, 0.2) is 0 Å². The fourth-order valence-corrected chi connectivity index (χ4v) is 2.95. The molecule has 2 aromatic rings. The second-order valence-corrected chi connectivity index (χ2v) is 5.66. The van der Waals surface area contributed by atoms with Crippen LogP contribution in [0.25, 0.3) is 5.69 Å². The number of hydrogen-bond acceptors (Lipinski definition) is 2. The van der Waals surface area contributed by atoms with Gasteiger partial charge in [-0.05, 0) is 37.1 Å². The average Bonchev–Trinajstić information content (AvgIpc) is 2.83. The van der Waals surface area contributed by atoms with E-state index in [1.807, 2.05) is 35.1 Å². The highest BCUT2D eigenvalue weighted by molar-refractivity contribution is 6.30. The average molecular weight is 276 g/mol. The Morgan fingerprint density at radius 2 is 1.79 bits per heavy atom. The van der Waals surface area contributed by atoms with Crippen molar-refractivity contribution in [1.29, 1.82) is 0 Å². The van der Waals surface area contributed by atoms with Crippen molar-refractivity contribution in [1.82, 2.24) is 9.78 Å². The normalized spacial score (nSPS) is 16.7. The molecule has 0 bridgehead atoms. The van der Waals surface area contributed by atoms with E-state index in [-0.39, 0.29) is 0 Å². The number of halogens is 1. The fourth-order valence-electron chi connectivity index (χ4n) is 2.82. The lowest BCUT2D eigenvalue weighted by Crippen LogP contribution is -2.07. The molecule has 3 nitrogen and oxygen atoms in total. The zero-order valence-corrected chi connectivity index (χ0v) is 11.6. The van der Waals surface area contributed by atoms with Gasteiger partial charge in [-0.2, -0.15) is 5.10 Å². The molecule has 0 atom stereocenters. The van der Waals surface area contributed by atoms with E-state index in [9.17, 15) is 0 Å². The van der Waals surface area contributed by atoms with Crippen molar-refractivity contribution < 1.29 is 0 Å². The molecule has 0 unspecified atom stereocenters. The first-order valence-corrected chi connectivity index (χ1v) is 7.23. The van der Waals surface area contributed by atoms with Gasteiger partial charge in [0.25, 0.3) is 0 Å². The van der Waals surface area contributed by atoms with Crippen LogP contribution >= 0.6 is 11.6 Å². The predicted octanol–water partition coefficient (Wildman–Crippen LogP) is 4.16. The van der Waals surface area contributed by atoms with Crippen molar-refractivity contribution in [2.45, 2.75) is 38.0 Å². The maximum atomic E-state index is 6.13. The van der Waals surface area contributed by atoms with E-state index < -0.39 is 0 Å². The molecule has 2 N–H and O–H groups in total. The Morgan fingerprint density at radius 3 is 2.47 bits per heavy atom. The largest absolute Gasteiger partial charge is 0.396 e. The lowest BCUT2D eigenvalue weighted by atomic mass is 9.86. The summed E-state index contributed by atoms with van der Waals surface area (Å²) in [6, 6.07) is 7.66. The van der Waals surface area contributed by atoms with Crippen LogP contribution in [0.3, 0.4) is 0 Å². The summed E-state index contributed by atoms with van der Waals surface area (Å²) in [6.45, 7) is 0. The summed E-state index contributed by atoms with van der Waals surface area (Å²) in [5, 5.41) is 5.41. The highest BCUT2D eigenvalue weighted by Gasteiger charge is 2.21. The Bertz CT molecular complexity index is 553. The summed E-state index contributed by atoms with van der Waals surface area (Å²) in [7, 11) is 0. The smallest absolute Gasteiger partial charge is 0.0889 e. The van der Waals surface area contributed by atoms with Gasteiger partial charge in [-0.15, -0.1) is 0 Å². The lowest BCUT2D eigenvalue weighted by Gasteiger charge is -2.20. The molecule has 0 saturated heterocycles. The second-order valence-electron chi connectivity index (χ2n) is 5.23. The van der Waals surface area contributed by atoms with Crippen LogP contribution in [0.5, 0.6) is 0 Å². The topological polar surface area (TPSA) is 43.8 Å². The molecule has 4 heteroatoms. The number of benzene rings is 1. The molecular weight excluding hydrogens is 258 g/mol. The van der Waals surface area contributed by atoms with E-state index in [0.29, 0.717) is 5.92 Å². The Labute approximate surface area is 118 Å². The standard InChI is InChI=1S/C15H18ClN3/c16-12-6-8-13(9-7-12)19-10-14(17)15(18-19)11-4-2-1-3-5-11/h6-11H,1-5,17H2. The minimum Gasteiger partial charge on any atom is -0.396 e. The van der Waals surface area contributed by atoms with Crippen LogP contribution < -0.4 is 5.73 Å². The molecule has 1 saturated carbocycles. The molecule has 0 aliphatic heterocycles. The summed E-state index contributed by atoms with van der Waals surface area (Å²) in [6.07, 6.45) is 8.25. The first-order chi connectivity index (χ1) is 9.24. The number of anilines is 1. The van der Waals surface area contributed by atoms with Gasteiger partial charge in [-0.1, -0.05) is 30.9 Å². The molecular formula is C15H18ClN3. The third-order valence-electron chi connectivity index (χ3n) is 3.86. The van der Waals surface area contributed by atoms with Gasteiger partial charge >= 0.3 is 0 Å². The summed E-state index contributed by atoms with van der Waals surface area (Å²) < 4.78 is 1.86. The van der Waals surface area contributed by atoms with E-state index in [2.05, 4.69) is 5.10 Å². The van der Waals surface area contributed by atoms with Crippen molar-refractivity contribution in [3.63, 3.8) is 0 Å². The van der Waals surface area contributed by atoms with E-state index in [4.69, 9.17) is 17.3 Å². The van der Waals surface area contributed by atoms with Crippen molar-refractivity contribution in [3.8, 4) is 5.69 Å². The van der Waals surface area contributed by atoms with Gasteiger partial charge in [-0.25, -0.2) is 4.68 Å². The number of hydrogen-bond donors (Lipinski definition) is 1. The molecule has 1 fully saturated rings. The van der Waals surface area contributed by atoms with Gasteiger partial charge in [-0.3, -0.25) is 0 Å². The van der Waals surface area contributed by atoms with E-state index in [0.717, 1.165) is 22.1 Å². The lowest BCUT2D eigenvalue weighted by molar-refractivity contribution is 0.435. The molecule has 100 valence electrons. The number of nitrogens with two attached hydrogens (primary N) is 1. The molecule has 3 rings (SSSR count). The molecule has 1 aromatic heterocycles. The summed E-state index contributed by atoms with van der Waals surface area (Å²) in [5.74, 6) is 0.530. The van der Waals surface area contributed by atoms with Crippen LogP contribution in [0.4, 0.5) is 5.69 Å². The van der Waals surface area contributed by atoms with Gasteiger partial charge in [0.2, 0.25) is 0 Å². The highest BCUT2D eigenvalue weighted by atomic mass is 35.5. The summed E-state index contributed by atoms with van der Waals surface area (Å²) >= 11 is 5.90.